The van der Waals surface area contributed by atoms with Gasteiger partial charge in [0.25, 0.3) is 0 Å². The van der Waals surface area contributed by atoms with Crippen molar-refractivity contribution >= 4 is 5.91 Å². The van der Waals surface area contributed by atoms with Gasteiger partial charge < -0.3 is 36.0 Å². The Kier molecular flexibility index (Phi) is 14.8. The number of piperidine rings is 1. The summed E-state index contributed by atoms with van der Waals surface area (Å²) in [6, 6.07) is 0. The minimum atomic E-state index is 0. The first-order valence-corrected chi connectivity index (χ1v) is 7.32. The van der Waals surface area contributed by atoms with Crippen molar-refractivity contribution in [3.63, 3.8) is 0 Å². The fourth-order valence-corrected chi connectivity index (χ4v) is 2.54. The van der Waals surface area contributed by atoms with E-state index in [1.54, 1.807) is 0 Å². The largest absolute Gasteiger partial charge is 3.00 e. The SMILES string of the molecule is [CH2-]CN(C[CH2-])CCCN(C)C(=O)C1CCN(C)CC1.[CH3-].[La+3]. The molecule has 0 bridgehead atoms. The second kappa shape index (κ2) is 13.1. The predicted molar refractivity (Wildman–Crippen MR) is 86.0 cm³/mol. The number of likely N-dealkylation sites (tertiary alicyclic amines) is 1. The maximum Gasteiger partial charge on any atom is 3.00 e. The molecule has 21 heavy (non-hydrogen) atoms. The molecule has 0 N–H and O–H groups in total. The van der Waals surface area contributed by atoms with Crippen molar-refractivity contribution in [2.75, 3.05) is 53.4 Å². The summed E-state index contributed by atoms with van der Waals surface area (Å²) in [5.74, 6) is 0.557. The molecule has 1 rings (SSSR count). The molecule has 0 atom stereocenters. The fraction of sp³-hybridized carbons (Fsp3) is 0.750. The summed E-state index contributed by atoms with van der Waals surface area (Å²) in [4.78, 5) is 18.7. The molecule has 1 fully saturated rings. The fourth-order valence-electron chi connectivity index (χ4n) is 2.54. The first kappa shape index (κ1) is 23.8. The molecule has 0 unspecified atom stereocenters. The van der Waals surface area contributed by atoms with Crippen LogP contribution in [0.15, 0.2) is 0 Å². The number of amides is 1. The van der Waals surface area contributed by atoms with E-state index in [2.05, 4.69) is 30.7 Å². The number of hydrogen-bond acceptors (Lipinski definition) is 3. The summed E-state index contributed by atoms with van der Waals surface area (Å²) >= 11 is 0. The Bertz CT molecular complexity index is 264. The number of rotatable bonds is 7. The molecule has 0 saturated carbocycles. The molecule has 0 aliphatic carbocycles. The van der Waals surface area contributed by atoms with Gasteiger partial charge >= 0.3 is 35.6 Å². The standard InChI is InChI=1S/C15H29N3O.CH3.La/c1-5-18(6-2)11-7-10-17(4)15(19)14-8-12-16(3)13-9-14;;/h14H,1-2,5-13H2,3-4H3;1H3;/q-2;-1;+3. The maximum atomic E-state index is 12.3. The summed E-state index contributed by atoms with van der Waals surface area (Å²) < 4.78 is 0. The van der Waals surface area contributed by atoms with Crippen LogP contribution in [0.2, 0.25) is 0 Å². The zero-order chi connectivity index (χ0) is 14.3. The van der Waals surface area contributed by atoms with Crippen LogP contribution >= 0.6 is 0 Å². The van der Waals surface area contributed by atoms with Crippen LogP contribution in [0.4, 0.5) is 0 Å². The average Bonchev–Trinajstić information content (AvgIpc) is 2.43. The topological polar surface area (TPSA) is 26.8 Å². The molecule has 1 amide bonds. The minimum Gasteiger partial charge on any atom is -0.362 e. The van der Waals surface area contributed by atoms with E-state index >= 15 is 0 Å². The molecular formula is C16H32LaN3O. The minimum absolute atomic E-state index is 0. The summed E-state index contributed by atoms with van der Waals surface area (Å²) in [5, 5.41) is 0. The van der Waals surface area contributed by atoms with Crippen LogP contribution in [0.3, 0.4) is 0 Å². The van der Waals surface area contributed by atoms with Gasteiger partial charge in [0.1, 0.15) is 0 Å². The van der Waals surface area contributed by atoms with Gasteiger partial charge in [-0.15, -0.1) is 13.1 Å². The Hall–Kier alpha value is 0.585. The van der Waals surface area contributed by atoms with Gasteiger partial charge in [0, 0.05) is 19.5 Å². The van der Waals surface area contributed by atoms with Gasteiger partial charge in [0.15, 0.2) is 0 Å². The molecule has 120 valence electrons. The summed E-state index contributed by atoms with van der Waals surface area (Å²) in [6.07, 6.45) is 3.01. The van der Waals surface area contributed by atoms with E-state index in [1.807, 2.05) is 11.9 Å². The van der Waals surface area contributed by atoms with E-state index in [0.29, 0.717) is 5.91 Å². The van der Waals surface area contributed by atoms with Crippen molar-refractivity contribution in [2.24, 2.45) is 5.92 Å². The van der Waals surface area contributed by atoms with Crippen LogP contribution in [0.1, 0.15) is 19.3 Å². The Morgan fingerprint density at radius 3 is 2.19 bits per heavy atom. The van der Waals surface area contributed by atoms with E-state index in [4.69, 9.17) is 0 Å². The van der Waals surface area contributed by atoms with Crippen LogP contribution in [-0.2, 0) is 4.79 Å². The number of hydrogen-bond donors (Lipinski definition) is 0. The third-order valence-corrected chi connectivity index (χ3v) is 4.04. The molecule has 4 nitrogen and oxygen atoms in total. The van der Waals surface area contributed by atoms with E-state index < -0.39 is 0 Å². The Morgan fingerprint density at radius 2 is 1.71 bits per heavy atom. The van der Waals surface area contributed by atoms with Crippen molar-refractivity contribution in [3.05, 3.63) is 21.3 Å². The van der Waals surface area contributed by atoms with Crippen molar-refractivity contribution in [1.82, 2.24) is 14.7 Å². The van der Waals surface area contributed by atoms with Gasteiger partial charge in [-0.25, -0.2) is 0 Å². The van der Waals surface area contributed by atoms with Crippen molar-refractivity contribution in [3.8, 4) is 0 Å². The van der Waals surface area contributed by atoms with Gasteiger partial charge in [-0.05, 0) is 45.9 Å². The number of carbonyl (C=O) groups excluding carboxylic acids is 1. The zero-order valence-electron chi connectivity index (χ0n) is 14.2. The molecule has 0 aromatic heterocycles. The predicted octanol–water partition coefficient (Wildman–Crippen LogP) is 1.60. The van der Waals surface area contributed by atoms with Crippen LogP contribution in [0.25, 0.3) is 0 Å². The van der Waals surface area contributed by atoms with Gasteiger partial charge in [0.05, 0.1) is 0 Å². The molecule has 1 heterocycles. The molecule has 0 radical (unpaired) electrons. The summed E-state index contributed by atoms with van der Waals surface area (Å²) in [6.45, 7) is 13.2. The van der Waals surface area contributed by atoms with Crippen LogP contribution < -0.4 is 0 Å². The van der Waals surface area contributed by atoms with Crippen LogP contribution in [-0.4, -0.2) is 74.0 Å². The van der Waals surface area contributed by atoms with Gasteiger partial charge in [0.2, 0.25) is 5.91 Å². The second-order valence-corrected chi connectivity index (χ2v) is 5.53. The smallest absolute Gasteiger partial charge is 0.362 e. The Labute approximate surface area is 160 Å². The van der Waals surface area contributed by atoms with Gasteiger partial charge in [-0.1, -0.05) is 0 Å². The molecule has 1 aliphatic heterocycles. The monoisotopic (exact) mass is 421 g/mol. The normalized spacial score (nSPS) is 16.2. The molecule has 1 aliphatic rings. The van der Waals surface area contributed by atoms with Crippen LogP contribution in [0, 0.1) is 62.8 Å². The Balaban J connectivity index is 0. The molecule has 0 aromatic carbocycles. The molecular weight excluding hydrogens is 389 g/mol. The van der Waals surface area contributed by atoms with E-state index in [1.165, 1.54) is 0 Å². The summed E-state index contributed by atoms with van der Waals surface area (Å²) in [5.41, 5.74) is 0. The van der Waals surface area contributed by atoms with E-state index in [0.717, 1.165) is 58.5 Å². The number of carbonyl (C=O) groups is 1. The third-order valence-electron chi connectivity index (χ3n) is 4.04. The summed E-state index contributed by atoms with van der Waals surface area (Å²) in [7, 11) is 4.05. The van der Waals surface area contributed by atoms with Gasteiger partial charge in [-0.3, -0.25) is 4.79 Å². The zero-order valence-corrected chi connectivity index (χ0v) is 17.8. The van der Waals surface area contributed by atoms with Crippen molar-refractivity contribution < 1.29 is 40.4 Å². The van der Waals surface area contributed by atoms with E-state index in [9.17, 15) is 4.79 Å². The second-order valence-electron chi connectivity index (χ2n) is 5.53. The molecule has 0 aromatic rings. The molecule has 5 heteroatoms. The number of nitrogens with zero attached hydrogens (tertiary/aromatic N) is 3. The van der Waals surface area contributed by atoms with E-state index in [-0.39, 0.29) is 48.9 Å². The first-order chi connectivity index (χ1) is 9.08. The van der Waals surface area contributed by atoms with Crippen molar-refractivity contribution in [2.45, 2.75) is 19.3 Å². The molecule has 0 spiro atoms. The van der Waals surface area contributed by atoms with Crippen molar-refractivity contribution in [1.29, 1.82) is 0 Å². The van der Waals surface area contributed by atoms with Crippen LogP contribution in [0.5, 0.6) is 0 Å². The molecule has 1 saturated heterocycles. The maximum absolute atomic E-state index is 12.3. The Morgan fingerprint density at radius 1 is 1.19 bits per heavy atom. The first-order valence-electron chi connectivity index (χ1n) is 7.32. The third kappa shape index (κ3) is 8.70. The quantitative estimate of drug-likeness (QED) is 0.585. The average molecular weight is 421 g/mol. The van der Waals surface area contributed by atoms with Gasteiger partial charge in [-0.2, -0.15) is 0 Å².